The zero-order valence-electron chi connectivity index (χ0n) is 16.9. The van der Waals surface area contributed by atoms with Crippen molar-refractivity contribution in [2.45, 2.75) is 40.2 Å². The molecule has 2 N–H and O–H groups in total. The number of amides is 2. The van der Waals surface area contributed by atoms with Gasteiger partial charge in [0.25, 0.3) is 5.91 Å². The maximum atomic E-state index is 12.5. The van der Waals surface area contributed by atoms with E-state index in [0.29, 0.717) is 11.3 Å². The summed E-state index contributed by atoms with van der Waals surface area (Å²) in [5.41, 5.74) is 6.69. The summed E-state index contributed by atoms with van der Waals surface area (Å²) < 4.78 is 11.8. The van der Waals surface area contributed by atoms with Crippen molar-refractivity contribution in [2.24, 2.45) is 0 Å². The molecule has 0 saturated carbocycles. The Kier molecular flexibility index (Phi) is 6.12. The molecule has 0 fully saturated rings. The molecule has 2 aromatic rings. The molecule has 1 aromatic heterocycles. The van der Waals surface area contributed by atoms with E-state index in [0.717, 1.165) is 11.4 Å². The Bertz CT molecular complexity index is 890. The van der Waals surface area contributed by atoms with Crippen molar-refractivity contribution in [1.82, 2.24) is 15.4 Å². The second kappa shape index (κ2) is 8.16. The summed E-state index contributed by atoms with van der Waals surface area (Å²) >= 11 is 0. The lowest BCUT2D eigenvalue weighted by Crippen LogP contribution is -2.44. The van der Waals surface area contributed by atoms with E-state index < -0.39 is 23.6 Å². The van der Waals surface area contributed by atoms with Gasteiger partial charge >= 0.3 is 12.1 Å². The van der Waals surface area contributed by atoms with E-state index in [1.807, 2.05) is 30.5 Å². The summed E-state index contributed by atoms with van der Waals surface area (Å²) in [6.45, 7) is 8.94. The van der Waals surface area contributed by atoms with Gasteiger partial charge in [0, 0.05) is 17.0 Å². The number of nitrogens with zero attached hydrogens (tertiary/aromatic N) is 1. The number of aromatic nitrogens is 1. The molecule has 0 aliphatic heterocycles. The number of hydrogen-bond donors (Lipinski definition) is 2. The van der Waals surface area contributed by atoms with E-state index in [9.17, 15) is 14.4 Å². The Morgan fingerprint density at radius 2 is 1.57 bits per heavy atom. The minimum absolute atomic E-state index is 0.256. The fraction of sp³-hybridized carbons (Fsp3) is 0.350. The highest BCUT2D eigenvalue weighted by atomic mass is 16.6. The van der Waals surface area contributed by atoms with Crippen LogP contribution in [0.3, 0.4) is 0 Å². The first kappa shape index (κ1) is 21.0. The predicted molar refractivity (Wildman–Crippen MR) is 103 cm³/mol. The highest BCUT2D eigenvalue weighted by molar-refractivity contribution is 5.99. The number of nitrogens with one attached hydrogen (secondary N) is 2. The molecule has 0 aliphatic carbocycles. The molecule has 0 saturated heterocycles. The maximum absolute atomic E-state index is 12.5. The van der Waals surface area contributed by atoms with Crippen molar-refractivity contribution < 1.29 is 23.9 Å². The van der Waals surface area contributed by atoms with E-state index in [-0.39, 0.29) is 5.56 Å². The number of esters is 1. The Morgan fingerprint density at radius 3 is 2.11 bits per heavy atom. The Morgan fingerprint density at radius 1 is 0.964 bits per heavy atom. The van der Waals surface area contributed by atoms with Gasteiger partial charge in [-0.15, -0.1) is 0 Å². The smallest absolute Gasteiger partial charge is 0.426 e. The van der Waals surface area contributed by atoms with Gasteiger partial charge < -0.3 is 14.0 Å². The molecular weight excluding hydrogens is 362 g/mol. The Hall–Kier alpha value is -3.29. The third-order valence-corrected chi connectivity index (χ3v) is 3.85. The van der Waals surface area contributed by atoms with Crippen molar-refractivity contribution in [3.8, 4) is 5.69 Å². The van der Waals surface area contributed by atoms with Crippen LogP contribution in [-0.2, 0) is 9.47 Å². The van der Waals surface area contributed by atoms with E-state index in [1.54, 1.807) is 26.8 Å². The van der Waals surface area contributed by atoms with Crippen LogP contribution in [0.1, 0.15) is 52.9 Å². The van der Waals surface area contributed by atoms with Gasteiger partial charge in [-0.2, -0.15) is 0 Å². The van der Waals surface area contributed by atoms with Crippen LogP contribution in [0, 0.1) is 13.8 Å². The molecule has 0 bridgehead atoms. The summed E-state index contributed by atoms with van der Waals surface area (Å²) in [4.78, 5) is 36.3. The molecule has 2 rings (SSSR count). The lowest BCUT2D eigenvalue weighted by Gasteiger charge is -2.20. The molecule has 150 valence electrons. The van der Waals surface area contributed by atoms with Gasteiger partial charge in [0.05, 0.1) is 18.4 Å². The summed E-state index contributed by atoms with van der Waals surface area (Å²) in [7, 11) is 1.30. The van der Waals surface area contributed by atoms with Crippen LogP contribution in [0.4, 0.5) is 4.79 Å². The highest BCUT2D eigenvalue weighted by Gasteiger charge is 2.20. The zero-order valence-corrected chi connectivity index (χ0v) is 16.9. The van der Waals surface area contributed by atoms with E-state index in [1.165, 1.54) is 19.2 Å². The topological polar surface area (TPSA) is 98.7 Å². The van der Waals surface area contributed by atoms with Gasteiger partial charge in [-0.05, 0) is 65.0 Å². The standard InChI is InChI=1S/C20H25N3O5/c1-12-7-8-13(2)23(12)16-11-14(9-10-15(16)18(25)27-6)17(24)21-22-19(26)28-20(3,4)5/h7-11H,1-6H3,(H,21,24)(H,22,26). The van der Waals surface area contributed by atoms with Gasteiger partial charge in [0.15, 0.2) is 0 Å². The number of carbonyl (C=O) groups excluding carboxylic acids is 3. The molecular formula is C20H25N3O5. The van der Waals surface area contributed by atoms with Gasteiger partial charge in [-0.25, -0.2) is 15.0 Å². The second-order valence-corrected chi connectivity index (χ2v) is 7.26. The molecule has 0 radical (unpaired) electrons. The van der Waals surface area contributed by atoms with E-state index in [4.69, 9.17) is 9.47 Å². The number of hydrazine groups is 1. The third-order valence-electron chi connectivity index (χ3n) is 3.85. The minimum Gasteiger partial charge on any atom is -0.465 e. The fourth-order valence-electron chi connectivity index (χ4n) is 2.67. The van der Waals surface area contributed by atoms with Crippen molar-refractivity contribution in [3.05, 3.63) is 52.8 Å². The summed E-state index contributed by atoms with van der Waals surface area (Å²) in [5.74, 6) is -1.06. The summed E-state index contributed by atoms with van der Waals surface area (Å²) in [5, 5.41) is 0. The number of hydrogen-bond acceptors (Lipinski definition) is 5. The molecule has 2 amide bonds. The fourth-order valence-corrected chi connectivity index (χ4v) is 2.67. The van der Waals surface area contributed by atoms with Crippen LogP contribution in [0.5, 0.6) is 0 Å². The molecule has 28 heavy (non-hydrogen) atoms. The Balaban J connectivity index is 2.32. The molecule has 0 unspecified atom stereocenters. The van der Waals surface area contributed by atoms with Crippen LogP contribution in [0.25, 0.3) is 5.69 Å². The van der Waals surface area contributed by atoms with Crippen LogP contribution in [-0.4, -0.2) is 35.2 Å². The normalized spacial score (nSPS) is 10.9. The maximum Gasteiger partial charge on any atom is 0.426 e. The van der Waals surface area contributed by atoms with Crippen molar-refractivity contribution in [3.63, 3.8) is 0 Å². The molecule has 8 heteroatoms. The molecule has 0 aliphatic rings. The van der Waals surface area contributed by atoms with Crippen molar-refractivity contribution in [1.29, 1.82) is 0 Å². The molecule has 0 spiro atoms. The van der Waals surface area contributed by atoms with Gasteiger partial charge in [0.1, 0.15) is 5.60 Å². The van der Waals surface area contributed by atoms with Crippen molar-refractivity contribution >= 4 is 18.0 Å². The predicted octanol–water partition coefficient (Wildman–Crippen LogP) is 3.05. The van der Waals surface area contributed by atoms with Gasteiger partial charge in [-0.1, -0.05) is 0 Å². The molecule has 8 nitrogen and oxygen atoms in total. The first-order valence-corrected chi connectivity index (χ1v) is 8.70. The summed E-state index contributed by atoms with van der Waals surface area (Å²) in [6.07, 6.45) is -0.774. The SMILES string of the molecule is COC(=O)c1ccc(C(=O)NNC(=O)OC(C)(C)C)cc1-n1c(C)ccc1C. The highest BCUT2D eigenvalue weighted by Crippen LogP contribution is 2.23. The monoisotopic (exact) mass is 387 g/mol. The molecule has 1 heterocycles. The zero-order chi connectivity index (χ0) is 21.1. The quantitative estimate of drug-likeness (QED) is 0.623. The van der Waals surface area contributed by atoms with Crippen LogP contribution >= 0.6 is 0 Å². The Labute approximate surface area is 163 Å². The van der Waals surface area contributed by atoms with Crippen LogP contribution in [0.15, 0.2) is 30.3 Å². The number of benzene rings is 1. The number of rotatable bonds is 3. The number of methoxy groups -OCH3 is 1. The van der Waals surface area contributed by atoms with Crippen LogP contribution < -0.4 is 10.9 Å². The molecule has 1 aromatic carbocycles. The van der Waals surface area contributed by atoms with E-state index in [2.05, 4.69) is 10.9 Å². The largest absolute Gasteiger partial charge is 0.465 e. The average Bonchev–Trinajstić information content (AvgIpc) is 2.95. The van der Waals surface area contributed by atoms with Crippen molar-refractivity contribution in [2.75, 3.05) is 7.11 Å². The van der Waals surface area contributed by atoms with Gasteiger partial charge in [-0.3, -0.25) is 10.2 Å². The average molecular weight is 387 g/mol. The van der Waals surface area contributed by atoms with Crippen LogP contribution in [0.2, 0.25) is 0 Å². The second-order valence-electron chi connectivity index (χ2n) is 7.26. The minimum atomic E-state index is -0.774. The molecule has 0 atom stereocenters. The first-order valence-electron chi connectivity index (χ1n) is 8.70. The number of aryl methyl sites for hydroxylation is 2. The van der Waals surface area contributed by atoms with E-state index >= 15 is 0 Å². The number of carbonyl (C=O) groups is 3. The first-order chi connectivity index (χ1) is 13.0. The lowest BCUT2D eigenvalue weighted by molar-refractivity contribution is 0.0483. The third kappa shape index (κ3) is 4.91. The summed E-state index contributed by atoms with van der Waals surface area (Å²) in [6, 6.07) is 8.39. The van der Waals surface area contributed by atoms with Gasteiger partial charge in [0.2, 0.25) is 0 Å². The lowest BCUT2D eigenvalue weighted by atomic mass is 10.1. The number of ether oxygens (including phenoxy) is 2.